The van der Waals surface area contributed by atoms with E-state index in [1.165, 1.54) is 6.07 Å². The molecule has 1 aliphatic heterocycles. The smallest absolute Gasteiger partial charge is 0.199 e. The lowest BCUT2D eigenvalue weighted by Gasteiger charge is -2.22. The van der Waals surface area contributed by atoms with Crippen molar-refractivity contribution in [1.82, 2.24) is 10.0 Å². The van der Waals surface area contributed by atoms with Crippen molar-refractivity contribution in [2.75, 3.05) is 6.54 Å². The molecule has 0 radical (unpaired) electrons. The van der Waals surface area contributed by atoms with Crippen LogP contribution in [0, 0.1) is 17.5 Å². The molecule has 0 amide bonds. The molecule has 1 heterocycles. The van der Waals surface area contributed by atoms with E-state index >= 15 is 4.39 Å². The second-order valence-electron chi connectivity index (χ2n) is 7.37. The van der Waals surface area contributed by atoms with Crippen molar-refractivity contribution in [3.05, 3.63) is 59.4 Å². The average molecular weight is 412 g/mol. The second-order valence-corrected chi connectivity index (χ2v) is 8.87. The summed E-state index contributed by atoms with van der Waals surface area (Å²) in [6.45, 7) is 0.648. The van der Waals surface area contributed by atoms with Crippen molar-refractivity contribution in [1.29, 1.82) is 0 Å². The maximum atomic E-state index is 15.1. The number of halogens is 4. The predicted octanol–water partition coefficient (Wildman–Crippen LogP) is 3.76. The van der Waals surface area contributed by atoms with E-state index in [-0.39, 0.29) is 42.5 Å². The summed E-state index contributed by atoms with van der Waals surface area (Å²) in [7, 11) is -1.77. The molecule has 0 aromatic heterocycles. The molecule has 2 fully saturated rings. The zero-order valence-electron chi connectivity index (χ0n) is 15.0. The third-order valence-corrected chi connectivity index (χ3v) is 6.86. The molecule has 2 aromatic rings. The van der Waals surface area contributed by atoms with Gasteiger partial charge < -0.3 is 5.32 Å². The summed E-state index contributed by atoms with van der Waals surface area (Å²) >= 11 is 0. The number of hydrogen-bond donors (Lipinski definition) is 2. The Balaban J connectivity index is 1.54. The summed E-state index contributed by atoms with van der Waals surface area (Å²) in [5, 5.41) is 1.59. The fraction of sp³-hybridized carbons (Fsp3) is 0.400. The maximum Gasteiger partial charge on any atom is 0.199 e. The van der Waals surface area contributed by atoms with Crippen LogP contribution in [0.5, 0.6) is 0 Å². The zero-order chi connectivity index (χ0) is 19.9. The lowest BCUT2D eigenvalue weighted by molar-refractivity contribution is 0.412. The van der Waals surface area contributed by atoms with Crippen LogP contribution in [0.15, 0.2) is 36.4 Å². The van der Waals surface area contributed by atoms with Crippen molar-refractivity contribution >= 4 is 11.0 Å². The quantitative estimate of drug-likeness (QED) is 0.710. The molecule has 3 unspecified atom stereocenters. The molecule has 150 valence electrons. The minimum Gasteiger partial charge on any atom is -0.312 e. The lowest BCUT2D eigenvalue weighted by Crippen LogP contribution is -2.44. The molecule has 4 rings (SSSR count). The first-order valence-corrected chi connectivity index (χ1v) is 10.3. The minimum atomic E-state index is -1.77. The van der Waals surface area contributed by atoms with E-state index in [1.807, 2.05) is 0 Å². The number of benzene rings is 2. The largest absolute Gasteiger partial charge is 0.312 e. The molecule has 0 bridgehead atoms. The van der Waals surface area contributed by atoms with Crippen molar-refractivity contribution < 1.29 is 21.8 Å². The lowest BCUT2D eigenvalue weighted by atomic mass is 9.96. The fourth-order valence-electron chi connectivity index (χ4n) is 3.56. The van der Waals surface area contributed by atoms with E-state index < -0.39 is 33.4 Å². The first-order chi connectivity index (χ1) is 13.4. The average Bonchev–Trinajstić information content (AvgIpc) is 3.25. The van der Waals surface area contributed by atoms with Crippen LogP contribution in [-0.2, 0) is 17.4 Å². The van der Waals surface area contributed by atoms with Crippen LogP contribution in [-0.4, -0.2) is 27.8 Å². The van der Waals surface area contributed by atoms with E-state index in [0.29, 0.717) is 18.5 Å². The Morgan fingerprint density at radius 2 is 1.86 bits per heavy atom. The van der Waals surface area contributed by atoms with Gasteiger partial charge in [0.05, 0.1) is 0 Å². The van der Waals surface area contributed by atoms with Crippen LogP contribution < -0.4 is 10.0 Å². The standard InChI is InChI=1S/C20H20F4N2OS/c21-14-8-13(9-15(22)11-14)16-3-1-2-12(19(16)23)10-18-17(4-7-25-18)26-28(27)20(24)5-6-20/h1-3,8-9,11,17-18,25-26H,4-7,10H2. The summed E-state index contributed by atoms with van der Waals surface area (Å²) in [4.78, 5) is 0. The van der Waals surface area contributed by atoms with Gasteiger partial charge in [0.15, 0.2) is 5.00 Å². The number of alkyl halides is 1. The van der Waals surface area contributed by atoms with E-state index in [2.05, 4.69) is 10.0 Å². The SMILES string of the molecule is O=S(NC1CCNC1Cc1cccc(-c2cc(F)cc(F)c2)c1F)C1(F)CC1. The highest BCUT2D eigenvalue weighted by Gasteiger charge is 2.51. The van der Waals surface area contributed by atoms with Gasteiger partial charge in [-0.15, -0.1) is 0 Å². The molecule has 3 atom stereocenters. The highest BCUT2D eigenvalue weighted by Crippen LogP contribution is 2.42. The Bertz CT molecular complexity index is 899. The van der Waals surface area contributed by atoms with Gasteiger partial charge in [0.1, 0.15) is 28.4 Å². The minimum absolute atomic E-state index is 0.114. The van der Waals surface area contributed by atoms with Gasteiger partial charge in [0, 0.05) is 23.7 Å². The molecule has 28 heavy (non-hydrogen) atoms. The van der Waals surface area contributed by atoms with Crippen LogP contribution in [0.25, 0.3) is 11.1 Å². The molecule has 2 aromatic carbocycles. The second kappa shape index (κ2) is 7.57. The highest BCUT2D eigenvalue weighted by molar-refractivity contribution is 7.84. The Morgan fingerprint density at radius 1 is 1.14 bits per heavy atom. The molecule has 1 aliphatic carbocycles. The van der Waals surface area contributed by atoms with Gasteiger partial charge in [-0.1, -0.05) is 18.2 Å². The molecule has 2 N–H and O–H groups in total. The maximum absolute atomic E-state index is 15.1. The van der Waals surface area contributed by atoms with Crippen LogP contribution in [0.2, 0.25) is 0 Å². The normalized spacial score (nSPS) is 24.3. The number of rotatable bonds is 6. The summed E-state index contributed by atoms with van der Waals surface area (Å²) < 4.78 is 71.0. The molecule has 1 saturated carbocycles. The Labute approximate surface area is 163 Å². The summed E-state index contributed by atoms with van der Waals surface area (Å²) in [5.41, 5.74) is 0.614. The zero-order valence-corrected chi connectivity index (χ0v) is 15.8. The molecular formula is C20H20F4N2OS. The van der Waals surface area contributed by atoms with Crippen LogP contribution in [0.4, 0.5) is 17.6 Å². The number of nitrogens with one attached hydrogen (secondary N) is 2. The fourth-order valence-corrected chi connectivity index (χ4v) is 4.80. The Hall–Kier alpha value is -1.77. The first-order valence-electron chi connectivity index (χ1n) is 9.20. The molecule has 3 nitrogen and oxygen atoms in total. The topological polar surface area (TPSA) is 41.1 Å². The van der Waals surface area contributed by atoms with Crippen molar-refractivity contribution in [2.24, 2.45) is 0 Å². The van der Waals surface area contributed by atoms with Gasteiger partial charge in [0.25, 0.3) is 0 Å². The monoisotopic (exact) mass is 412 g/mol. The van der Waals surface area contributed by atoms with Gasteiger partial charge in [-0.05, 0) is 55.5 Å². The third-order valence-electron chi connectivity index (χ3n) is 5.27. The first kappa shape index (κ1) is 19.5. The van der Waals surface area contributed by atoms with Crippen molar-refractivity contribution in [3.8, 4) is 11.1 Å². The van der Waals surface area contributed by atoms with E-state index in [9.17, 15) is 17.4 Å². The Kier molecular flexibility index (Phi) is 5.28. The van der Waals surface area contributed by atoms with Gasteiger partial charge in [-0.3, -0.25) is 0 Å². The number of hydrogen-bond acceptors (Lipinski definition) is 2. The molecule has 0 spiro atoms. The van der Waals surface area contributed by atoms with Crippen molar-refractivity contribution in [2.45, 2.75) is 42.8 Å². The van der Waals surface area contributed by atoms with E-state index in [4.69, 9.17) is 0 Å². The highest BCUT2D eigenvalue weighted by atomic mass is 32.2. The van der Waals surface area contributed by atoms with Crippen LogP contribution in [0.1, 0.15) is 24.8 Å². The van der Waals surface area contributed by atoms with E-state index in [1.54, 1.807) is 12.1 Å². The van der Waals surface area contributed by atoms with Gasteiger partial charge in [-0.2, -0.15) is 0 Å². The third kappa shape index (κ3) is 3.99. The van der Waals surface area contributed by atoms with Gasteiger partial charge in [-0.25, -0.2) is 26.5 Å². The van der Waals surface area contributed by atoms with Crippen LogP contribution in [0.3, 0.4) is 0 Å². The summed E-state index contributed by atoms with van der Waals surface area (Å²) in [6, 6.07) is 7.16. The van der Waals surface area contributed by atoms with Gasteiger partial charge >= 0.3 is 0 Å². The summed E-state index contributed by atoms with van der Waals surface area (Å²) in [6.07, 6.45) is 1.52. The molecular weight excluding hydrogens is 392 g/mol. The molecule has 2 aliphatic rings. The Morgan fingerprint density at radius 3 is 2.54 bits per heavy atom. The predicted molar refractivity (Wildman–Crippen MR) is 100 cm³/mol. The van der Waals surface area contributed by atoms with Crippen LogP contribution >= 0.6 is 0 Å². The van der Waals surface area contributed by atoms with Gasteiger partial charge in [0.2, 0.25) is 0 Å². The summed E-state index contributed by atoms with van der Waals surface area (Å²) in [5.74, 6) is -2.10. The van der Waals surface area contributed by atoms with E-state index in [0.717, 1.165) is 18.2 Å². The molecule has 1 saturated heterocycles. The molecule has 8 heteroatoms. The van der Waals surface area contributed by atoms with Crippen molar-refractivity contribution in [3.63, 3.8) is 0 Å².